The molecular weight excluding hydrogens is 526 g/mol. The molecule has 1 atom stereocenters. The van der Waals surface area contributed by atoms with Crippen LogP contribution in [-0.2, 0) is 13.2 Å². The third kappa shape index (κ3) is 4.71. The fraction of sp³-hybridized carbons (Fsp3) is 0.152. The van der Waals surface area contributed by atoms with Crippen LogP contribution in [0.15, 0.2) is 106 Å². The summed E-state index contributed by atoms with van der Waals surface area (Å²) in [6.45, 7) is 2.88. The van der Waals surface area contributed by atoms with Gasteiger partial charge >= 0.3 is 0 Å². The number of para-hydroxylation sites is 1. The zero-order valence-corrected chi connectivity index (χ0v) is 22.6. The van der Waals surface area contributed by atoms with Gasteiger partial charge in [-0.2, -0.15) is 0 Å². The van der Waals surface area contributed by atoms with Crippen LogP contribution in [0.1, 0.15) is 45.8 Å². The molecule has 0 spiro atoms. The largest absolute Gasteiger partial charge is 0.490 e. The lowest BCUT2D eigenvalue weighted by Gasteiger charge is -2.26. The van der Waals surface area contributed by atoms with E-state index in [1.165, 1.54) is 0 Å². The molecule has 7 heteroatoms. The molecule has 1 aliphatic rings. The highest BCUT2D eigenvalue weighted by molar-refractivity contribution is 6.31. The lowest BCUT2D eigenvalue weighted by molar-refractivity contribution is 0.0714. The van der Waals surface area contributed by atoms with Gasteiger partial charge in [0.05, 0.1) is 23.6 Å². The number of rotatable bonds is 8. The van der Waals surface area contributed by atoms with Crippen molar-refractivity contribution >= 4 is 28.5 Å². The number of benzene rings is 4. The molecule has 200 valence electrons. The third-order valence-electron chi connectivity index (χ3n) is 6.99. The standard InChI is InChI=1S/C33H26ClNO5/c1-2-38-28-18-22(16-17-27(28)39-20-21-10-4-3-5-11-21)30-29-31(36)24-13-7-9-15-26(24)40-32(29)33(37)35(30)19-23-12-6-8-14-25(23)34/h3-18,30H,2,19-20H2,1H3. The number of amides is 1. The summed E-state index contributed by atoms with van der Waals surface area (Å²) < 4.78 is 18.1. The van der Waals surface area contributed by atoms with Crippen LogP contribution in [0.2, 0.25) is 5.02 Å². The second-order valence-electron chi connectivity index (χ2n) is 9.51. The molecular formula is C33H26ClNO5. The van der Waals surface area contributed by atoms with Crippen molar-refractivity contribution in [3.63, 3.8) is 0 Å². The number of halogens is 1. The molecule has 5 aromatic rings. The van der Waals surface area contributed by atoms with Crippen molar-refractivity contribution in [2.24, 2.45) is 0 Å². The Morgan fingerprint density at radius 2 is 1.60 bits per heavy atom. The van der Waals surface area contributed by atoms with E-state index in [0.29, 0.717) is 51.8 Å². The van der Waals surface area contributed by atoms with Crippen LogP contribution >= 0.6 is 11.6 Å². The van der Waals surface area contributed by atoms with Gasteiger partial charge in [0.25, 0.3) is 5.91 Å². The molecule has 0 aliphatic carbocycles. The number of carbonyl (C=O) groups excluding carboxylic acids is 1. The monoisotopic (exact) mass is 551 g/mol. The van der Waals surface area contributed by atoms with E-state index in [0.717, 1.165) is 11.1 Å². The number of fused-ring (bicyclic) bond motifs is 2. The smallest absolute Gasteiger partial charge is 0.291 e. The van der Waals surface area contributed by atoms with Crippen LogP contribution in [0.25, 0.3) is 11.0 Å². The van der Waals surface area contributed by atoms with Gasteiger partial charge in [-0.05, 0) is 53.9 Å². The quantitative estimate of drug-likeness (QED) is 0.204. The third-order valence-corrected chi connectivity index (χ3v) is 7.36. The SMILES string of the molecule is CCOc1cc(C2c3c(oc4ccccc4c3=O)C(=O)N2Cc2ccccc2Cl)ccc1OCc1ccccc1. The van der Waals surface area contributed by atoms with E-state index in [2.05, 4.69) is 0 Å². The van der Waals surface area contributed by atoms with Crippen molar-refractivity contribution in [3.8, 4) is 11.5 Å². The Morgan fingerprint density at radius 1 is 0.850 bits per heavy atom. The first kappa shape index (κ1) is 25.7. The van der Waals surface area contributed by atoms with Gasteiger partial charge in [-0.1, -0.05) is 78.3 Å². The molecule has 1 amide bonds. The second kappa shape index (κ2) is 10.9. The van der Waals surface area contributed by atoms with Gasteiger partial charge in [-0.15, -0.1) is 0 Å². The minimum Gasteiger partial charge on any atom is -0.490 e. The maximum absolute atomic E-state index is 13.8. The van der Waals surface area contributed by atoms with Crippen LogP contribution in [0.5, 0.6) is 11.5 Å². The van der Waals surface area contributed by atoms with Crippen molar-refractivity contribution < 1.29 is 18.7 Å². The first-order chi connectivity index (χ1) is 19.5. The minimum atomic E-state index is -0.706. The van der Waals surface area contributed by atoms with Gasteiger partial charge in [0, 0.05) is 11.6 Å². The second-order valence-corrected chi connectivity index (χ2v) is 9.92. The zero-order valence-electron chi connectivity index (χ0n) is 21.8. The fourth-order valence-corrected chi connectivity index (χ4v) is 5.30. The predicted molar refractivity (Wildman–Crippen MR) is 154 cm³/mol. The van der Waals surface area contributed by atoms with Gasteiger partial charge in [0.15, 0.2) is 16.9 Å². The maximum Gasteiger partial charge on any atom is 0.291 e. The average Bonchev–Trinajstić information content (AvgIpc) is 3.25. The highest BCUT2D eigenvalue weighted by atomic mass is 35.5. The molecule has 40 heavy (non-hydrogen) atoms. The van der Waals surface area contributed by atoms with Crippen molar-refractivity contribution in [3.05, 3.63) is 140 Å². The molecule has 1 aromatic heterocycles. The van der Waals surface area contributed by atoms with E-state index in [1.54, 1.807) is 35.2 Å². The lowest BCUT2D eigenvalue weighted by atomic mass is 9.97. The molecule has 6 rings (SSSR count). The number of nitrogens with zero attached hydrogens (tertiary/aromatic N) is 1. The molecule has 2 heterocycles. The van der Waals surface area contributed by atoms with E-state index < -0.39 is 6.04 Å². The van der Waals surface area contributed by atoms with E-state index in [9.17, 15) is 9.59 Å². The molecule has 1 aliphatic heterocycles. The van der Waals surface area contributed by atoms with Crippen molar-refractivity contribution in [2.75, 3.05) is 6.61 Å². The van der Waals surface area contributed by atoms with Crippen molar-refractivity contribution in [2.45, 2.75) is 26.1 Å². The highest BCUT2D eigenvalue weighted by Crippen LogP contribution is 2.42. The molecule has 0 saturated carbocycles. The Balaban J connectivity index is 1.46. The van der Waals surface area contributed by atoms with Gasteiger partial charge in [0.1, 0.15) is 12.2 Å². The van der Waals surface area contributed by atoms with E-state index in [4.69, 9.17) is 25.5 Å². The van der Waals surface area contributed by atoms with E-state index >= 15 is 0 Å². The summed E-state index contributed by atoms with van der Waals surface area (Å²) in [6, 6.07) is 29.0. The van der Waals surface area contributed by atoms with Crippen LogP contribution in [0.4, 0.5) is 0 Å². The molecule has 0 N–H and O–H groups in total. The molecule has 1 unspecified atom stereocenters. The summed E-state index contributed by atoms with van der Waals surface area (Å²) in [5.74, 6) is 0.773. The molecule has 0 bridgehead atoms. The Kier molecular flexibility index (Phi) is 7.01. The van der Waals surface area contributed by atoms with Gasteiger partial charge < -0.3 is 18.8 Å². The Bertz CT molecular complexity index is 1760. The lowest BCUT2D eigenvalue weighted by Crippen LogP contribution is -2.29. The summed E-state index contributed by atoms with van der Waals surface area (Å²) in [6.07, 6.45) is 0. The van der Waals surface area contributed by atoms with Gasteiger partial charge in [-0.3, -0.25) is 9.59 Å². The number of hydrogen-bond donors (Lipinski definition) is 0. The minimum absolute atomic E-state index is 0.0446. The van der Waals surface area contributed by atoms with E-state index in [-0.39, 0.29) is 23.6 Å². The van der Waals surface area contributed by atoms with Crippen LogP contribution < -0.4 is 14.9 Å². The first-order valence-corrected chi connectivity index (χ1v) is 13.5. The summed E-state index contributed by atoms with van der Waals surface area (Å²) in [5.41, 5.74) is 2.94. The highest BCUT2D eigenvalue weighted by Gasteiger charge is 2.43. The normalized spacial score (nSPS) is 14.4. The van der Waals surface area contributed by atoms with Crippen LogP contribution in [-0.4, -0.2) is 17.4 Å². The number of hydrogen-bond acceptors (Lipinski definition) is 5. The zero-order chi connectivity index (χ0) is 27.6. The van der Waals surface area contributed by atoms with Crippen molar-refractivity contribution in [1.29, 1.82) is 0 Å². The summed E-state index contributed by atoms with van der Waals surface area (Å²) in [7, 11) is 0. The van der Waals surface area contributed by atoms with Crippen molar-refractivity contribution in [1.82, 2.24) is 4.90 Å². The molecule has 6 nitrogen and oxygen atoms in total. The Hall–Kier alpha value is -4.55. The molecule has 0 radical (unpaired) electrons. The van der Waals surface area contributed by atoms with E-state index in [1.807, 2.05) is 73.7 Å². The fourth-order valence-electron chi connectivity index (χ4n) is 5.10. The molecule has 4 aromatic carbocycles. The maximum atomic E-state index is 13.8. The first-order valence-electron chi connectivity index (χ1n) is 13.1. The van der Waals surface area contributed by atoms with Crippen LogP contribution in [0.3, 0.4) is 0 Å². The van der Waals surface area contributed by atoms with Crippen LogP contribution in [0, 0.1) is 0 Å². The number of ether oxygens (including phenoxy) is 2. The average molecular weight is 552 g/mol. The topological polar surface area (TPSA) is 69.0 Å². The summed E-state index contributed by atoms with van der Waals surface area (Å²) >= 11 is 6.48. The van der Waals surface area contributed by atoms with Gasteiger partial charge in [-0.25, -0.2) is 0 Å². The number of carbonyl (C=O) groups is 1. The van der Waals surface area contributed by atoms with Gasteiger partial charge in [0.2, 0.25) is 5.76 Å². The molecule has 0 fully saturated rings. The Labute approximate surface area is 236 Å². The summed E-state index contributed by atoms with van der Waals surface area (Å²) in [4.78, 5) is 29.3. The summed E-state index contributed by atoms with van der Waals surface area (Å²) in [5, 5.41) is 0.959. The Morgan fingerprint density at radius 3 is 2.40 bits per heavy atom. The predicted octanol–water partition coefficient (Wildman–Crippen LogP) is 7.17. The molecule has 0 saturated heterocycles.